The van der Waals surface area contributed by atoms with Crippen LogP contribution in [0, 0.1) is 11.8 Å². The van der Waals surface area contributed by atoms with Gasteiger partial charge in [0.15, 0.2) is 6.29 Å². The maximum Gasteiger partial charge on any atom is 0.329 e. The Bertz CT molecular complexity index is 4270. The summed E-state index contributed by atoms with van der Waals surface area (Å²) in [5, 5.41) is 2.32. The molecule has 2 saturated carbocycles. The largest absolute Gasteiger partial charge is 0.461 e. The number of fused-ring (bicyclic) bond motifs is 2. The number of hydrogen-bond acceptors (Lipinski definition) is 16. The molecule has 4 heterocycles. The molecule has 0 spiro atoms. The van der Waals surface area contributed by atoms with Gasteiger partial charge in [0.05, 0.1) is 54.3 Å². The van der Waals surface area contributed by atoms with Gasteiger partial charge in [-0.1, -0.05) is 100 Å². The number of para-hydroxylation sites is 4. The van der Waals surface area contributed by atoms with Gasteiger partial charge in [0.2, 0.25) is 0 Å². The van der Waals surface area contributed by atoms with Crippen LogP contribution in [0.1, 0.15) is 140 Å². The molecule has 96 heavy (non-hydrogen) atoms. The van der Waals surface area contributed by atoms with Crippen LogP contribution in [-0.4, -0.2) is 114 Å². The predicted octanol–water partition coefficient (Wildman–Crippen LogP) is 15.8. The molecule has 4 aliphatic heterocycles. The number of imide groups is 2. The van der Waals surface area contributed by atoms with Gasteiger partial charge in [-0.05, 0) is 136 Å². The van der Waals surface area contributed by atoms with Crippen LogP contribution in [0.5, 0.6) is 46.0 Å². The Kier molecular flexibility index (Phi) is 17.1. The van der Waals surface area contributed by atoms with Gasteiger partial charge in [-0.25, -0.2) is 9.59 Å². The lowest BCUT2D eigenvalue weighted by atomic mass is 9.80. The fourth-order valence-corrected chi connectivity index (χ4v) is 14.5. The summed E-state index contributed by atoms with van der Waals surface area (Å²) in [6.45, 7) is 9.42. The summed E-state index contributed by atoms with van der Waals surface area (Å²) < 4.78 is 64.6. The van der Waals surface area contributed by atoms with Crippen molar-refractivity contribution in [2.24, 2.45) is 11.8 Å². The van der Waals surface area contributed by atoms with E-state index in [1.54, 1.807) is 72.8 Å². The van der Waals surface area contributed by atoms with Gasteiger partial charge in [-0.15, -0.1) is 0 Å². The van der Waals surface area contributed by atoms with E-state index in [0.29, 0.717) is 101 Å². The van der Waals surface area contributed by atoms with Gasteiger partial charge in [0, 0.05) is 62.4 Å². The highest BCUT2D eigenvalue weighted by molar-refractivity contribution is 6.45. The first-order valence-corrected chi connectivity index (χ1v) is 33.7. The maximum atomic E-state index is 16.2. The minimum absolute atomic E-state index is 0.0355. The standard InChI is InChI=1S/C78H74N2O16/c1-43(2)33-58(77(85)95-51-29-17-27-49(35-51)88-41-53-42-89-53)79-73(81)54-37-60(90-45-19-9-5-10-20-45)67-69-62(92-47-23-13-7-14-24-47)39-56-66-57(76(84)80(75(56)83)59(34-44(3)4)78(86)96-52-30-18-28-50(36-52)94-64-31-32-87-64)40-63(93-48-25-15-8-16-26-48)70(72(66)69)68-61(91-46-21-11-6-12-22-46)38-55(74(79)82)65(54)71(67)68/h5-16,19-26,37-40,43-44,49-53,58-59,64H,17-18,27-36,41-42H2,1-4H3. The van der Waals surface area contributed by atoms with E-state index < -0.39 is 59.9 Å². The molecule has 4 fully saturated rings. The lowest BCUT2D eigenvalue weighted by Crippen LogP contribution is -2.52. The zero-order valence-electron chi connectivity index (χ0n) is 54.0. The number of nitrogens with zero attached hydrogens (tertiary/aromatic N) is 2. The summed E-state index contributed by atoms with van der Waals surface area (Å²) in [6.07, 6.45) is 4.41. The number of carbonyl (C=O) groups is 6. The van der Waals surface area contributed by atoms with Crippen LogP contribution in [0.4, 0.5) is 0 Å². The molecule has 4 amide bonds. The monoisotopic (exact) mass is 1290 g/mol. The summed E-state index contributed by atoms with van der Waals surface area (Å²) >= 11 is 0. The van der Waals surface area contributed by atoms with Crippen LogP contribution in [-0.2, 0) is 38.0 Å². The first-order chi connectivity index (χ1) is 46.7. The quantitative estimate of drug-likeness (QED) is 0.0192. The highest BCUT2D eigenvalue weighted by Crippen LogP contribution is 2.58. The second kappa shape index (κ2) is 26.3. The molecule has 8 unspecified atom stereocenters. The van der Waals surface area contributed by atoms with Gasteiger partial charge >= 0.3 is 11.9 Å². The Morgan fingerprint density at radius 3 is 1.09 bits per heavy atom. The first-order valence-electron chi connectivity index (χ1n) is 33.7. The summed E-state index contributed by atoms with van der Waals surface area (Å²) in [5.41, 5.74) is 0.144. The van der Waals surface area contributed by atoms with Crippen LogP contribution < -0.4 is 18.9 Å². The number of ether oxygens (including phenoxy) is 10. The molecule has 9 aromatic rings. The average molecular weight is 1300 g/mol. The molecule has 18 nitrogen and oxygen atoms in total. The Morgan fingerprint density at radius 1 is 0.438 bits per heavy atom. The lowest BCUT2D eigenvalue weighted by molar-refractivity contribution is -0.243. The van der Waals surface area contributed by atoms with Gasteiger partial charge in [0.25, 0.3) is 23.6 Å². The van der Waals surface area contributed by atoms with E-state index in [2.05, 4.69) is 0 Å². The van der Waals surface area contributed by atoms with Crippen molar-refractivity contribution in [3.05, 3.63) is 168 Å². The van der Waals surface area contributed by atoms with Crippen molar-refractivity contribution in [2.75, 3.05) is 19.8 Å². The SMILES string of the molecule is CC(C)CC(C(=O)OC1CCCC(OCC2CO2)C1)N1C(=O)c2cc(Oc3ccccc3)c3c4c(Oc5ccccc5)cc5c6c(cc(Oc7ccccc7)c(c7c(Oc8ccccc8)cc(c2c37)C1=O)c64)C(=O)N(C(CC(C)C)C(=O)OC1CCCC(OC2CCO2)C1)C5=O. The first kappa shape index (κ1) is 62.6. The number of epoxide rings is 1. The normalized spacial score (nSPS) is 21.4. The molecular formula is C78H74N2O16. The number of carbonyl (C=O) groups excluding carboxylic acids is 6. The van der Waals surface area contributed by atoms with Gasteiger partial charge in [0.1, 0.15) is 76.4 Å². The van der Waals surface area contributed by atoms with Crippen LogP contribution in [0.2, 0.25) is 0 Å². The number of hydrogen-bond donors (Lipinski definition) is 0. The Balaban J connectivity index is 0.978. The van der Waals surface area contributed by atoms with Crippen LogP contribution in [0.3, 0.4) is 0 Å². The summed E-state index contributed by atoms with van der Waals surface area (Å²) in [7, 11) is 0. The minimum Gasteiger partial charge on any atom is -0.461 e. The third-order valence-electron chi connectivity index (χ3n) is 19.0. The van der Waals surface area contributed by atoms with E-state index in [4.69, 9.17) is 47.4 Å². The molecule has 0 bridgehead atoms. The van der Waals surface area contributed by atoms with Gasteiger partial charge < -0.3 is 47.4 Å². The van der Waals surface area contributed by atoms with E-state index >= 15 is 28.8 Å². The van der Waals surface area contributed by atoms with Crippen molar-refractivity contribution in [1.82, 2.24) is 9.80 Å². The third kappa shape index (κ3) is 12.1. The molecule has 2 aliphatic carbocycles. The number of benzene rings is 9. The van der Waals surface area contributed by atoms with E-state index in [1.807, 2.05) is 100 Å². The number of rotatable bonds is 23. The van der Waals surface area contributed by atoms with Gasteiger partial charge in [-0.3, -0.25) is 29.0 Å². The smallest absolute Gasteiger partial charge is 0.329 e. The molecule has 9 aromatic carbocycles. The Labute approximate surface area is 554 Å². The molecule has 6 aliphatic rings. The molecule has 0 radical (unpaired) electrons. The van der Waals surface area contributed by atoms with Crippen LogP contribution in [0.15, 0.2) is 146 Å². The molecular weight excluding hydrogens is 1220 g/mol. The molecule has 2 saturated heterocycles. The van der Waals surface area contributed by atoms with Crippen molar-refractivity contribution in [3.8, 4) is 46.0 Å². The predicted molar refractivity (Wildman–Crippen MR) is 357 cm³/mol. The summed E-state index contributed by atoms with van der Waals surface area (Å²) in [4.78, 5) is 97.0. The molecule has 8 atom stereocenters. The van der Waals surface area contributed by atoms with Crippen molar-refractivity contribution < 1.29 is 76.1 Å². The molecule has 15 rings (SSSR count). The highest BCUT2D eigenvalue weighted by atomic mass is 16.7. The highest BCUT2D eigenvalue weighted by Gasteiger charge is 2.48. The van der Waals surface area contributed by atoms with Crippen molar-refractivity contribution >= 4 is 78.7 Å². The number of esters is 2. The fraction of sp³-hybridized carbons (Fsp3) is 0.359. The second-order valence-electron chi connectivity index (χ2n) is 26.8. The van der Waals surface area contributed by atoms with E-state index in [-0.39, 0.29) is 105 Å². The van der Waals surface area contributed by atoms with Gasteiger partial charge in [-0.2, -0.15) is 0 Å². The lowest BCUT2D eigenvalue weighted by Gasteiger charge is -2.37. The zero-order chi connectivity index (χ0) is 65.9. The van der Waals surface area contributed by atoms with E-state index in [9.17, 15) is 0 Å². The van der Waals surface area contributed by atoms with E-state index in [1.165, 1.54) is 0 Å². The third-order valence-corrected chi connectivity index (χ3v) is 19.0. The van der Waals surface area contributed by atoms with Crippen molar-refractivity contribution in [1.29, 1.82) is 0 Å². The van der Waals surface area contributed by atoms with Crippen LogP contribution >= 0.6 is 0 Å². The summed E-state index contributed by atoms with van der Waals surface area (Å²) in [5.74, 6) is -2.94. The summed E-state index contributed by atoms with van der Waals surface area (Å²) in [6, 6.07) is 39.7. The number of amides is 4. The molecule has 0 aromatic heterocycles. The maximum absolute atomic E-state index is 16.2. The Hall–Kier alpha value is -9.46. The molecule has 492 valence electrons. The topological polar surface area (TPSA) is 204 Å². The fourth-order valence-electron chi connectivity index (χ4n) is 14.5. The molecule has 0 N–H and O–H groups in total. The zero-order valence-corrected chi connectivity index (χ0v) is 54.0. The minimum atomic E-state index is -1.37. The van der Waals surface area contributed by atoms with E-state index in [0.717, 1.165) is 41.9 Å². The van der Waals surface area contributed by atoms with Crippen LogP contribution in [0.25, 0.3) is 43.1 Å². The second-order valence-corrected chi connectivity index (χ2v) is 26.8. The Morgan fingerprint density at radius 2 is 0.771 bits per heavy atom. The van der Waals surface area contributed by atoms with Crippen molar-refractivity contribution in [3.63, 3.8) is 0 Å². The average Bonchev–Trinajstić information content (AvgIpc) is 1.00. The van der Waals surface area contributed by atoms with Crippen molar-refractivity contribution in [2.45, 2.75) is 147 Å². The molecule has 18 heteroatoms.